The summed E-state index contributed by atoms with van der Waals surface area (Å²) in [6, 6.07) is 26.0. The molecule has 222 valence electrons. The number of carbonyl (C=O) groups excluding carboxylic acids is 1. The zero-order chi connectivity index (χ0) is 30.5. The van der Waals surface area contributed by atoms with Crippen molar-refractivity contribution in [2.75, 3.05) is 43.9 Å². The van der Waals surface area contributed by atoms with Crippen LogP contribution in [-0.4, -0.2) is 63.9 Å². The van der Waals surface area contributed by atoms with Gasteiger partial charge in [0.05, 0.1) is 5.69 Å². The molecule has 8 heteroatoms. The van der Waals surface area contributed by atoms with E-state index in [-0.39, 0.29) is 5.91 Å². The van der Waals surface area contributed by atoms with Gasteiger partial charge in [-0.3, -0.25) is 14.7 Å². The van der Waals surface area contributed by atoms with Gasteiger partial charge >= 0.3 is 0 Å². The lowest BCUT2D eigenvalue weighted by Gasteiger charge is -2.32. The SMILES string of the molecule is Cc1ccc(-c2cncc(-c3ccnc(Nc4cc(NC(=O)c5ccc(CN6CCN(C)CC6)cc5)ccc4C)n3)c2)cc1. The van der Waals surface area contributed by atoms with Gasteiger partial charge in [0.1, 0.15) is 0 Å². The van der Waals surface area contributed by atoms with Crippen LogP contribution in [0.2, 0.25) is 0 Å². The molecule has 0 spiro atoms. The van der Waals surface area contributed by atoms with E-state index in [0.717, 1.165) is 66.4 Å². The number of hydrogen-bond acceptors (Lipinski definition) is 7. The molecule has 1 aliphatic heterocycles. The van der Waals surface area contributed by atoms with Gasteiger partial charge in [0.2, 0.25) is 5.95 Å². The van der Waals surface area contributed by atoms with Crippen LogP contribution in [0.1, 0.15) is 27.0 Å². The minimum atomic E-state index is -0.148. The van der Waals surface area contributed by atoms with Crippen LogP contribution >= 0.6 is 0 Å². The first-order chi connectivity index (χ1) is 21.4. The van der Waals surface area contributed by atoms with Crippen molar-refractivity contribution in [3.8, 4) is 22.4 Å². The summed E-state index contributed by atoms with van der Waals surface area (Å²) >= 11 is 0. The van der Waals surface area contributed by atoms with Crippen molar-refractivity contribution < 1.29 is 4.79 Å². The summed E-state index contributed by atoms with van der Waals surface area (Å²) in [6.07, 6.45) is 5.41. The van der Waals surface area contributed by atoms with Crippen molar-refractivity contribution in [3.05, 3.63) is 120 Å². The summed E-state index contributed by atoms with van der Waals surface area (Å²) in [6.45, 7) is 9.30. The molecule has 1 saturated heterocycles. The van der Waals surface area contributed by atoms with Gasteiger partial charge in [-0.1, -0.05) is 48.0 Å². The third kappa shape index (κ3) is 7.16. The van der Waals surface area contributed by atoms with Crippen molar-refractivity contribution in [2.24, 2.45) is 0 Å². The molecule has 3 aromatic carbocycles. The second kappa shape index (κ2) is 13.2. The van der Waals surface area contributed by atoms with E-state index in [4.69, 9.17) is 4.98 Å². The number of piperazine rings is 1. The Labute approximate surface area is 258 Å². The number of rotatable bonds is 8. The number of carbonyl (C=O) groups is 1. The van der Waals surface area contributed by atoms with Crippen molar-refractivity contribution in [3.63, 3.8) is 0 Å². The van der Waals surface area contributed by atoms with Crippen LogP contribution in [0.15, 0.2) is 97.5 Å². The van der Waals surface area contributed by atoms with Gasteiger partial charge in [-0.2, -0.15) is 0 Å². The Morgan fingerprint density at radius 3 is 2.34 bits per heavy atom. The Balaban J connectivity index is 1.12. The van der Waals surface area contributed by atoms with E-state index in [1.165, 1.54) is 11.1 Å². The molecule has 0 saturated carbocycles. The van der Waals surface area contributed by atoms with Crippen LogP contribution in [0.4, 0.5) is 17.3 Å². The van der Waals surface area contributed by atoms with Gasteiger partial charge in [-0.05, 0) is 74.0 Å². The molecule has 0 unspecified atom stereocenters. The number of nitrogens with one attached hydrogen (secondary N) is 2. The first kappa shape index (κ1) is 29.2. The highest BCUT2D eigenvalue weighted by Gasteiger charge is 2.15. The number of benzene rings is 3. The van der Waals surface area contributed by atoms with E-state index in [1.54, 1.807) is 6.20 Å². The molecular formula is C36H37N7O. The second-order valence-electron chi connectivity index (χ2n) is 11.5. The predicted molar refractivity (Wildman–Crippen MR) is 177 cm³/mol. The smallest absolute Gasteiger partial charge is 0.255 e. The molecule has 1 fully saturated rings. The molecule has 1 amide bonds. The van der Waals surface area contributed by atoms with Crippen LogP contribution in [0.25, 0.3) is 22.4 Å². The molecule has 8 nitrogen and oxygen atoms in total. The van der Waals surface area contributed by atoms with Gasteiger partial charge in [0.25, 0.3) is 5.91 Å². The number of pyridine rings is 1. The molecule has 44 heavy (non-hydrogen) atoms. The Bertz CT molecular complexity index is 1740. The molecule has 6 rings (SSSR count). The number of likely N-dealkylation sites (N-methyl/N-ethyl adjacent to an activating group) is 1. The van der Waals surface area contributed by atoms with E-state index >= 15 is 0 Å². The zero-order valence-corrected chi connectivity index (χ0v) is 25.4. The van der Waals surface area contributed by atoms with Crippen LogP contribution in [0, 0.1) is 13.8 Å². The highest BCUT2D eigenvalue weighted by molar-refractivity contribution is 6.04. The van der Waals surface area contributed by atoms with Gasteiger partial charge in [0.15, 0.2) is 0 Å². The summed E-state index contributed by atoms with van der Waals surface area (Å²) in [5.41, 5.74) is 9.37. The molecular weight excluding hydrogens is 546 g/mol. The standard InChI is InChI=1S/C36H37N7O/c1-25-4-9-28(10-5-25)30-20-31(23-37-22-30)33-14-15-38-36(40-33)41-34-21-32(13-6-26(34)2)39-35(44)29-11-7-27(8-12-29)24-43-18-16-42(3)17-19-43/h4-15,20-23H,16-19,24H2,1-3H3,(H,39,44)(H,38,40,41). The Kier molecular flexibility index (Phi) is 8.72. The molecule has 2 aromatic heterocycles. The van der Waals surface area contributed by atoms with Crippen LogP contribution in [0.5, 0.6) is 0 Å². The van der Waals surface area contributed by atoms with E-state index < -0.39 is 0 Å². The third-order valence-electron chi connectivity index (χ3n) is 8.03. The van der Waals surface area contributed by atoms with Crippen molar-refractivity contribution in [1.29, 1.82) is 0 Å². The maximum atomic E-state index is 13.1. The van der Waals surface area contributed by atoms with E-state index in [2.05, 4.69) is 74.7 Å². The predicted octanol–water partition coefficient (Wildman–Crippen LogP) is 6.57. The largest absolute Gasteiger partial charge is 0.324 e. The van der Waals surface area contributed by atoms with E-state index in [9.17, 15) is 4.79 Å². The first-order valence-corrected chi connectivity index (χ1v) is 14.9. The Morgan fingerprint density at radius 1 is 0.818 bits per heavy atom. The minimum absolute atomic E-state index is 0.148. The third-order valence-corrected chi connectivity index (χ3v) is 8.03. The molecule has 0 atom stereocenters. The van der Waals surface area contributed by atoms with Crippen LogP contribution in [-0.2, 0) is 6.54 Å². The fourth-order valence-electron chi connectivity index (χ4n) is 5.25. The molecule has 0 aliphatic carbocycles. The quantitative estimate of drug-likeness (QED) is 0.214. The highest BCUT2D eigenvalue weighted by Crippen LogP contribution is 2.27. The average molecular weight is 584 g/mol. The lowest BCUT2D eigenvalue weighted by atomic mass is 10.0. The summed E-state index contributed by atoms with van der Waals surface area (Å²) in [4.78, 5) is 31.6. The Hall–Kier alpha value is -4.92. The maximum absolute atomic E-state index is 13.1. The molecule has 5 aromatic rings. The monoisotopic (exact) mass is 583 g/mol. The number of hydrogen-bond donors (Lipinski definition) is 2. The van der Waals surface area contributed by atoms with E-state index in [1.807, 2.05) is 67.8 Å². The summed E-state index contributed by atoms with van der Waals surface area (Å²) in [7, 11) is 2.16. The maximum Gasteiger partial charge on any atom is 0.255 e. The zero-order valence-electron chi connectivity index (χ0n) is 25.4. The van der Waals surface area contributed by atoms with Crippen molar-refractivity contribution in [1.82, 2.24) is 24.8 Å². The fourth-order valence-corrected chi connectivity index (χ4v) is 5.25. The van der Waals surface area contributed by atoms with Crippen LogP contribution < -0.4 is 10.6 Å². The average Bonchev–Trinajstić information content (AvgIpc) is 3.05. The second-order valence-corrected chi connectivity index (χ2v) is 11.5. The number of anilines is 3. The lowest BCUT2D eigenvalue weighted by Crippen LogP contribution is -2.43. The highest BCUT2D eigenvalue weighted by atomic mass is 16.1. The lowest BCUT2D eigenvalue weighted by molar-refractivity contribution is 0.102. The van der Waals surface area contributed by atoms with Gasteiger partial charge in [-0.25, -0.2) is 9.97 Å². The van der Waals surface area contributed by atoms with Crippen LogP contribution in [0.3, 0.4) is 0 Å². The minimum Gasteiger partial charge on any atom is -0.324 e. The summed E-state index contributed by atoms with van der Waals surface area (Å²) in [5, 5.41) is 6.37. The van der Waals surface area contributed by atoms with Crippen molar-refractivity contribution in [2.45, 2.75) is 20.4 Å². The van der Waals surface area contributed by atoms with Crippen molar-refractivity contribution >= 4 is 23.2 Å². The normalized spacial score (nSPS) is 13.9. The molecule has 0 radical (unpaired) electrons. The topological polar surface area (TPSA) is 86.3 Å². The number of amides is 1. The number of aryl methyl sites for hydroxylation is 2. The molecule has 0 bridgehead atoms. The molecule has 1 aliphatic rings. The Morgan fingerprint density at radius 2 is 1.57 bits per heavy atom. The summed E-state index contributed by atoms with van der Waals surface area (Å²) in [5.74, 6) is 0.316. The number of nitrogens with zero attached hydrogens (tertiary/aromatic N) is 5. The molecule has 2 N–H and O–H groups in total. The number of aromatic nitrogens is 3. The van der Waals surface area contributed by atoms with E-state index in [0.29, 0.717) is 17.2 Å². The van der Waals surface area contributed by atoms with Gasteiger partial charge < -0.3 is 15.5 Å². The molecule has 3 heterocycles. The van der Waals surface area contributed by atoms with Gasteiger partial charge in [-0.15, -0.1) is 0 Å². The fraction of sp³-hybridized carbons (Fsp3) is 0.222. The van der Waals surface area contributed by atoms with Gasteiger partial charge in [0, 0.05) is 79.4 Å². The first-order valence-electron chi connectivity index (χ1n) is 14.9. The summed E-state index contributed by atoms with van der Waals surface area (Å²) < 4.78 is 0.